The van der Waals surface area contributed by atoms with Crippen LogP contribution in [0.2, 0.25) is 0 Å². The average Bonchev–Trinajstić information content (AvgIpc) is 3.33. The Morgan fingerprint density at radius 1 is 1.24 bits per heavy atom. The van der Waals surface area contributed by atoms with Crippen LogP contribution in [0.4, 0.5) is 0 Å². The fourth-order valence-electron chi connectivity index (χ4n) is 2.83. The number of nitrogens with zero attached hydrogens (tertiary/aromatic N) is 1. The van der Waals surface area contributed by atoms with Gasteiger partial charge < -0.3 is 23.9 Å². The second-order valence-corrected chi connectivity index (χ2v) is 5.97. The Kier molecular flexibility index (Phi) is 6.09. The van der Waals surface area contributed by atoms with Gasteiger partial charge in [-0.3, -0.25) is 4.79 Å². The number of amides is 1. The van der Waals surface area contributed by atoms with Gasteiger partial charge in [0.1, 0.15) is 24.7 Å². The van der Waals surface area contributed by atoms with Crippen molar-refractivity contribution in [1.82, 2.24) is 4.90 Å². The summed E-state index contributed by atoms with van der Waals surface area (Å²) in [6.45, 7) is 1.84. The minimum atomic E-state index is -0.226. The average molecular weight is 345 g/mol. The molecule has 1 unspecified atom stereocenters. The van der Waals surface area contributed by atoms with Crippen LogP contribution >= 0.6 is 0 Å². The lowest BCUT2D eigenvalue weighted by molar-refractivity contribution is 0.0468. The molecule has 1 aliphatic heterocycles. The normalized spacial score (nSPS) is 16.8. The van der Waals surface area contributed by atoms with Gasteiger partial charge in [0.05, 0.1) is 12.6 Å². The van der Waals surface area contributed by atoms with Gasteiger partial charge in [0.15, 0.2) is 5.76 Å². The summed E-state index contributed by atoms with van der Waals surface area (Å²) in [4.78, 5) is 14.4. The van der Waals surface area contributed by atoms with Crippen LogP contribution in [0.1, 0.15) is 29.2 Å². The first-order valence-corrected chi connectivity index (χ1v) is 8.54. The van der Waals surface area contributed by atoms with Crippen molar-refractivity contribution >= 4 is 5.91 Å². The van der Waals surface area contributed by atoms with Gasteiger partial charge >= 0.3 is 0 Å². The molecule has 134 valence electrons. The molecule has 0 spiro atoms. The van der Waals surface area contributed by atoms with E-state index in [0.717, 1.165) is 25.2 Å². The predicted octanol–water partition coefficient (Wildman–Crippen LogP) is 2.47. The van der Waals surface area contributed by atoms with Crippen LogP contribution in [-0.2, 0) is 11.3 Å². The molecule has 1 N–H and O–H groups in total. The molecule has 0 saturated carbocycles. The molecule has 2 aromatic rings. The third kappa shape index (κ3) is 4.84. The molecule has 1 aromatic carbocycles. The van der Waals surface area contributed by atoms with Crippen molar-refractivity contribution in [3.8, 4) is 5.75 Å². The molecule has 6 nitrogen and oxygen atoms in total. The zero-order chi connectivity index (χ0) is 17.5. The third-order valence-corrected chi connectivity index (χ3v) is 4.14. The number of para-hydroxylation sites is 1. The number of aliphatic hydroxyl groups is 1. The zero-order valence-electron chi connectivity index (χ0n) is 14.1. The van der Waals surface area contributed by atoms with Gasteiger partial charge in [0, 0.05) is 13.2 Å². The van der Waals surface area contributed by atoms with Gasteiger partial charge in [-0.2, -0.15) is 0 Å². The van der Waals surface area contributed by atoms with E-state index in [0.29, 0.717) is 25.5 Å². The van der Waals surface area contributed by atoms with E-state index in [-0.39, 0.29) is 24.4 Å². The summed E-state index contributed by atoms with van der Waals surface area (Å²) in [6.07, 6.45) is 2.01. The van der Waals surface area contributed by atoms with E-state index in [2.05, 4.69) is 0 Å². The highest BCUT2D eigenvalue weighted by Gasteiger charge is 2.25. The summed E-state index contributed by atoms with van der Waals surface area (Å²) < 4.78 is 16.7. The first-order chi connectivity index (χ1) is 12.3. The number of benzene rings is 1. The van der Waals surface area contributed by atoms with E-state index in [1.807, 2.05) is 30.3 Å². The highest BCUT2D eigenvalue weighted by atomic mass is 16.5. The maximum absolute atomic E-state index is 12.7. The van der Waals surface area contributed by atoms with E-state index in [1.54, 1.807) is 17.0 Å². The number of hydrogen-bond acceptors (Lipinski definition) is 5. The smallest absolute Gasteiger partial charge is 0.289 e. The fourth-order valence-corrected chi connectivity index (χ4v) is 2.83. The van der Waals surface area contributed by atoms with E-state index in [1.165, 1.54) is 0 Å². The van der Waals surface area contributed by atoms with Gasteiger partial charge in [-0.25, -0.2) is 0 Å². The molecule has 0 radical (unpaired) electrons. The largest absolute Gasteiger partial charge is 0.492 e. The summed E-state index contributed by atoms with van der Waals surface area (Å²) in [6, 6.07) is 12.7. The first kappa shape index (κ1) is 17.5. The van der Waals surface area contributed by atoms with Gasteiger partial charge in [-0.05, 0) is 37.1 Å². The molecule has 1 fully saturated rings. The number of carbonyl (C=O) groups excluding carboxylic acids is 1. The van der Waals surface area contributed by atoms with Crippen molar-refractivity contribution in [3.63, 3.8) is 0 Å². The number of ether oxygens (including phenoxy) is 2. The van der Waals surface area contributed by atoms with Crippen molar-refractivity contribution in [3.05, 3.63) is 54.0 Å². The molecule has 2 heterocycles. The standard InChI is InChI=1S/C19H23NO5/c21-14-17-8-9-18(25-17)19(22)20(13-16-7-4-11-23-16)10-12-24-15-5-2-1-3-6-15/h1-3,5-6,8-9,16,21H,4,7,10-14H2. The van der Waals surface area contributed by atoms with Crippen LogP contribution in [0, 0.1) is 0 Å². The molecule has 0 aliphatic carbocycles. The second kappa shape index (κ2) is 8.69. The molecule has 1 saturated heterocycles. The number of aliphatic hydroxyl groups excluding tert-OH is 1. The van der Waals surface area contributed by atoms with E-state index < -0.39 is 0 Å². The van der Waals surface area contributed by atoms with Crippen LogP contribution in [-0.4, -0.2) is 48.3 Å². The van der Waals surface area contributed by atoms with Gasteiger partial charge in [-0.15, -0.1) is 0 Å². The SMILES string of the molecule is O=C(c1ccc(CO)o1)N(CCOc1ccccc1)CC1CCCO1. The fraction of sp³-hybridized carbons (Fsp3) is 0.421. The Hall–Kier alpha value is -2.31. The Morgan fingerprint density at radius 3 is 2.76 bits per heavy atom. The summed E-state index contributed by atoms with van der Waals surface area (Å²) in [5, 5.41) is 9.11. The summed E-state index contributed by atoms with van der Waals surface area (Å²) in [5.41, 5.74) is 0. The van der Waals surface area contributed by atoms with Crippen molar-refractivity contribution in [1.29, 1.82) is 0 Å². The minimum absolute atomic E-state index is 0.0490. The molecular weight excluding hydrogens is 322 g/mol. The predicted molar refractivity (Wildman–Crippen MR) is 91.4 cm³/mol. The molecule has 1 aromatic heterocycles. The van der Waals surface area contributed by atoms with Crippen LogP contribution < -0.4 is 4.74 Å². The van der Waals surface area contributed by atoms with Crippen molar-refractivity contribution in [2.24, 2.45) is 0 Å². The minimum Gasteiger partial charge on any atom is -0.492 e. The number of rotatable bonds is 8. The summed E-state index contributed by atoms with van der Waals surface area (Å²) >= 11 is 0. The lowest BCUT2D eigenvalue weighted by atomic mass is 10.2. The number of hydrogen-bond donors (Lipinski definition) is 1. The van der Waals surface area contributed by atoms with Crippen LogP contribution in [0.3, 0.4) is 0 Å². The third-order valence-electron chi connectivity index (χ3n) is 4.14. The molecule has 3 rings (SSSR count). The summed E-state index contributed by atoms with van der Waals surface area (Å²) in [5.74, 6) is 1.15. The van der Waals surface area contributed by atoms with Crippen molar-refractivity contribution < 1.29 is 23.8 Å². The highest BCUT2D eigenvalue weighted by molar-refractivity contribution is 5.91. The number of carbonyl (C=O) groups is 1. The van der Waals surface area contributed by atoms with Crippen LogP contribution in [0.25, 0.3) is 0 Å². The molecule has 6 heteroatoms. The first-order valence-electron chi connectivity index (χ1n) is 8.54. The van der Waals surface area contributed by atoms with Crippen LogP contribution in [0.5, 0.6) is 5.75 Å². The molecule has 1 atom stereocenters. The molecular formula is C19H23NO5. The molecule has 1 aliphatic rings. The summed E-state index contributed by atoms with van der Waals surface area (Å²) in [7, 11) is 0. The quantitative estimate of drug-likeness (QED) is 0.796. The van der Waals surface area contributed by atoms with Crippen molar-refractivity contribution in [2.45, 2.75) is 25.6 Å². The maximum atomic E-state index is 12.7. The molecule has 1 amide bonds. The lowest BCUT2D eigenvalue weighted by Gasteiger charge is -2.24. The van der Waals surface area contributed by atoms with Crippen LogP contribution in [0.15, 0.2) is 46.9 Å². The second-order valence-electron chi connectivity index (χ2n) is 5.97. The van der Waals surface area contributed by atoms with E-state index in [4.69, 9.17) is 19.0 Å². The zero-order valence-corrected chi connectivity index (χ0v) is 14.1. The monoisotopic (exact) mass is 345 g/mol. The number of furan rings is 1. The lowest BCUT2D eigenvalue weighted by Crippen LogP contribution is -2.39. The van der Waals surface area contributed by atoms with E-state index in [9.17, 15) is 4.79 Å². The Balaban J connectivity index is 1.62. The van der Waals surface area contributed by atoms with Gasteiger partial charge in [-0.1, -0.05) is 18.2 Å². The van der Waals surface area contributed by atoms with Gasteiger partial charge in [0.2, 0.25) is 0 Å². The molecule has 0 bridgehead atoms. The van der Waals surface area contributed by atoms with E-state index >= 15 is 0 Å². The Morgan fingerprint density at radius 2 is 2.08 bits per heavy atom. The van der Waals surface area contributed by atoms with Crippen molar-refractivity contribution in [2.75, 3.05) is 26.3 Å². The highest BCUT2D eigenvalue weighted by Crippen LogP contribution is 2.17. The molecule has 25 heavy (non-hydrogen) atoms. The Bertz CT molecular complexity index is 663. The maximum Gasteiger partial charge on any atom is 0.289 e. The Labute approximate surface area is 147 Å². The topological polar surface area (TPSA) is 72.1 Å². The van der Waals surface area contributed by atoms with Gasteiger partial charge in [0.25, 0.3) is 5.91 Å².